The summed E-state index contributed by atoms with van der Waals surface area (Å²) >= 11 is 0. The van der Waals surface area contributed by atoms with Crippen LogP contribution < -0.4 is 15.5 Å². The van der Waals surface area contributed by atoms with E-state index in [1.165, 1.54) is 24.0 Å². The third-order valence-electron chi connectivity index (χ3n) is 6.01. The minimum Gasteiger partial charge on any atom is -0.356 e. The van der Waals surface area contributed by atoms with Crippen LogP contribution in [-0.4, -0.2) is 32.0 Å². The minimum absolute atomic E-state index is 0.227. The first-order chi connectivity index (χ1) is 14.2. The number of carbonyl (C=O) groups excluding carboxylic acids is 1. The molecule has 2 aliphatic rings. The lowest BCUT2D eigenvalue weighted by Crippen LogP contribution is -2.40. The van der Waals surface area contributed by atoms with Gasteiger partial charge in [-0.2, -0.15) is 0 Å². The smallest absolute Gasteiger partial charge is 0.227 e. The zero-order valence-electron chi connectivity index (χ0n) is 17.2. The van der Waals surface area contributed by atoms with Crippen LogP contribution in [0.15, 0.2) is 59.6 Å². The Hall–Kier alpha value is -2.82. The zero-order valence-corrected chi connectivity index (χ0v) is 17.2. The molecule has 5 nitrogen and oxygen atoms in total. The number of anilines is 1. The molecule has 2 aromatic carbocycles. The molecule has 0 bridgehead atoms. The van der Waals surface area contributed by atoms with Crippen molar-refractivity contribution in [2.45, 2.75) is 38.6 Å². The molecule has 2 aromatic rings. The van der Waals surface area contributed by atoms with Crippen molar-refractivity contribution in [3.8, 4) is 0 Å². The number of carbonyl (C=O) groups is 1. The Morgan fingerprint density at radius 3 is 2.41 bits per heavy atom. The van der Waals surface area contributed by atoms with Crippen molar-refractivity contribution >= 4 is 17.6 Å². The fourth-order valence-electron chi connectivity index (χ4n) is 4.01. The van der Waals surface area contributed by atoms with Crippen LogP contribution >= 0.6 is 0 Å². The SMILES string of the molecule is CN=C(NCc1ccc(N2CCCC2=O)cc1)NCC1(Cc2ccccc2)CC1. The summed E-state index contributed by atoms with van der Waals surface area (Å²) in [6.45, 7) is 2.48. The summed E-state index contributed by atoms with van der Waals surface area (Å²) in [7, 11) is 1.81. The molecule has 29 heavy (non-hydrogen) atoms. The number of benzene rings is 2. The van der Waals surface area contributed by atoms with E-state index in [4.69, 9.17) is 0 Å². The molecule has 0 radical (unpaired) electrons. The highest BCUT2D eigenvalue weighted by Gasteiger charge is 2.42. The van der Waals surface area contributed by atoms with Crippen LogP contribution in [0.5, 0.6) is 0 Å². The molecule has 1 heterocycles. The fourth-order valence-corrected chi connectivity index (χ4v) is 4.01. The van der Waals surface area contributed by atoms with Crippen LogP contribution in [0.3, 0.4) is 0 Å². The molecule has 0 unspecified atom stereocenters. The molecular formula is C24H30N4O. The van der Waals surface area contributed by atoms with Crippen molar-refractivity contribution in [2.24, 2.45) is 10.4 Å². The quantitative estimate of drug-likeness (QED) is 0.562. The summed E-state index contributed by atoms with van der Waals surface area (Å²) in [5.74, 6) is 1.06. The van der Waals surface area contributed by atoms with Gasteiger partial charge in [-0.15, -0.1) is 0 Å². The second-order valence-corrected chi connectivity index (χ2v) is 8.26. The molecule has 1 saturated carbocycles. The number of hydrogen-bond acceptors (Lipinski definition) is 2. The van der Waals surface area contributed by atoms with E-state index in [9.17, 15) is 4.79 Å². The molecule has 2 fully saturated rings. The number of aliphatic imine (C=N–C) groups is 1. The van der Waals surface area contributed by atoms with Crippen LogP contribution in [-0.2, 0) is 17.8 Å². The van der Waals surface area contributed by atoms with Gasteiger partial charge in [0.1, 0.15) is 0 Å². The van der Waals surface area contributed by atoms with Crippen LogP contribution in [0, 0.1) is 5.41 Å². The van der Waals surface area contributed by atoms with Gasteiger partial charge in [0.15, 0.2) is 5.96 Å². The van der Waals surface area contributed by atoms with Crippen LogP contribution in [0.25, 0.3) is 0 Å². The normalized spacial score (nSPS) is 18.0. The lowest BCUT2D eigenvalue weighted by molar-refractivity contribution is -0.117. The van der Waals surface area contributed by atoms with E-state index in [0.29, 0.717) is 18.4 Å². The largest absolute Gasteiger partial charge is 0.356 e. The maximum absolute atomic E-state index is 11.9. The Bertz CT molecular complexity index is 856. The van der Waals surface area contributed by atoms with Crippen molar-refractivity contribution in [3.05, 3.63) is 65.7 Å². The van der Waals surface area contributed by atoms with Crippen LogP contribution in [0.2, 0.25) is 0 Å². The monoisotopic (exact) mass is 390 g/mol. The van der Waals surface area contributed by atoms with Crippen LogP contribution in [0.4, 0.5) is 5.69 Å². The molecule has 0 aromatic heterocycles. The number of rotatable bonds is 7. The van der Waals surface area contributed by atoms with Gasteiger partial charge < -0.3 is 15.5 Å². The second-order valence-electron chi connectivity index (χ2n) is 8.26. The van der Waals surface area contributed by atoms with Gasteiger partial charge in [0.05, 0.1) is 0 Å². The van der Waals surface area contributed by atoms with Crippen molar-refractivity contribution in [1.82, 2.24) is 10.6 Å². The Kier molecular flexibility index (Phi) is 5.84. The molecule has 2 N–H and O–H groups in total. The number of hydrogen-bond donors (Lipinski definition) is 2. The Morgan fingerprint density at radius 1 is 1.03 bits per heavy atom. The van der Waals surface area contributed by atoms with E-state index in [0.717, 1.165) is 37.6 Å². The Balaban J connectivity index is 1.26. The zero-order chi connectivity index (χ0) is 20.1. The summed E-state index contributed by atoms with van der Waals surface area (Å²) in [5, 5.41) is 6.92. The molecule has 0 spiro atoms. The highest BCUT2D eigenvalue weighted by atomic mass is 16.2. The third kappa shape index (κ3) is 4.97. The molecule has 0 atom stereocenters. The predicted octanol–water partition coefficient (Wildman–Crippen LogP) is 3.50. The topological polar surface area (TPSA) is 56.7 Å². The number of nitrogens with one attached hydrogen (secondary N) is 2. The van der Waals surface area contributed by atoms with Gasteiger partial charge in [-0.25, -0.2) is 0 Å². The lowest BCUT2D eigenvalue weighted by atomic mass is 9.96. The van der Waals surface area contributed by atoms with Crippen molar-refractivity contribution in [2.75, 3.05) is 25.0 Å². The molecule has 1 aliphatic carbocycles. The average molecular weight is 391 g/mol. The van der Waals surface area contributed by atoms with E-state index in [-0.39, 0.29) is 5.91 Å². The third-order valence-corrected chi connectivity index (χ3v) is 6.01. The van der Waals surface area contributed by atoms with Crippen molar-refractivity contribution < 1.29 is 4.79 Å². The van der Waals surface area contributed by atoms with Gasteiger partial charge in [0, 0.05) is 38.8 Å². The molecule has 5 heteroatoms. The standard InChI is InChI=1S/C24H30N4O/c1-25-23(27-18-24(13-14-24)16-19-6-3-2-4-7-19)26-17-20-9-11-21(12-10-20)28-15-5-8-22(28)29/h2-4,6-7,9-12H,5,8,13-18H2,1H3,(H2,25,26,27). The van der Waals surface area contributed by atoms with Gasteiger partial charge >= 0.3 is 0 Å². The first-order valence-electron chi connectivity index (χ1n) is 10.6. The molecule has 1 saturated heterocycles. The summed E-state index contributed by atoms with van der Waals surface area (Å²) < 4.78 is 0. The molecule has 1 amide bonds. The first kappa shape index (κ1) is 19.5. The van der Waals surface area contributed by atoms with Gasteiger partial charge in [0.25, 0.3) is 0 Å². The minimum atomic E-state index is 0.227. The maximum atomic E-state index is 11.9. The van der Waals surface area contributed by atoms with Gasteiger partial charge in [-0.3, -0.25) is 9.79 Å². The molecule has 4 rings (SSSR count). The van der Waals surface area contributed by atoms with E-state index in [1.54, 1.807) is 0 Å². The van der Waals surface area contributed by atoms with E-state index >= 15 is 0 Å². The maximum Gasteiger partial charge on any atom is 0.227 e. The predicted molar refractivity (Wildman–Crippen MR) is 118 cm³/mol. The summed E-state index contributed by atoms with van der Waals surface area (Å²) in [6, 6.07) is 19.0. The summed E-state index contributed by atoms with van der Waals surface area (Å²) in [4.78, 5) is 18.1. The molecular weight excluding hydrogens is 360 g/mol. The first-order valence-corrected chi connectivity index (χ1v) is 10.6. The fraction of sp³-hybridized carbons (Fsp3) is 0.417. The number of nitrogens with zero attached hydrogens (tertiary/aromatic N) is 2. The van der Waals surface area contributed by atoms with Crippen molar-refractivity contribution in [3.63, 3.8) is 0 Å². The highest BCUT2D eigenvalue weighted by molar-refractivity contribution is 5.95. The van der Waals surface area contributed by atoms with Gasteiger partial charge in [-0.1, -0.05) is 42.5 Å². The van der Waals surface area contributed by atoms with Crippen molar-refractivity contribution in [1.29, 1.82) is 0 Å². The van der Waals surface area contributed by atoms with Crippen LogP contribution in [0.1, 0.15) is 36.8 Å². The highest BCUT2D eigenvalue weighted by Crippen LogP contribution is 2.47. The summed E-state index contributed by atoms with van der Waals surface area (Å²) in [6.07, 6.45) is 5.27. The van der Waals surface area contributed by atoms with Gasteiger partial charge in [-0.05, 0) is 54.4 Å². The average Bonchev–Trinajstić information content (AvgIpc) is 3.38. The second kappa shape index (κ2) is 8.68. The number of guanidine groups is 1. The van der Waals surface area contributed by atoms with E-state index < -0.39 is 0 Å². The summed E-state index contributed by atoms with van der Waals surface area (Å²) in [5.41, 5.74) is 3.94. The van der Waals surface area contributed by atoms with Gasteiger partial charge in [0.2, 0.25) is 5.91 Å². The Labute approximate surface area is 173 Å². The Morgan fingerprint density at radius 2 is 1.79 bits per heavy atom. The molecule has 1 aliphatic heterocycles. The molecule has 152 valence electrons. The van der Waals surface area contributed by atoms with E-state index in [2.05, 4.69) is 58.1 Å². The van der Waals surface area contributed by atoms with E-state index in [1.807, 2.05) is 24.1 Å². The number of amides is 1. The lowest BCUT2D eigenvalue weighted by Gasteiger charge is -2.19.